The third-order valence-corrected chi connectivity index (χ3v) is 2.87. The van der Waals surface area contributed by atoms with Gasteiger partial charge in [-0.15, -0.1) is 0 Å². The Morgan fingerprint density at radius 3 is 2.70 bits per heavy atom. The van der Waals surface area contributed by atoms with Gasteiger partial charge in [-0.3, -0.25) is 4.79 Å². The molecule has 0 amide bonds. The van der Waals surface area contributed by atoms with Gasteiger partial charge in [-0.1, -0.05) is 12.1 Å². The highest BCUT2D eigenvalue weighted by Crippen LogP contribution is 2.22. The molecule has 5 nitrogen and oxygen atoms in total. The van der Waals surface area contributed by atoms with Gasteiger partial charge < -0.3 is 20.5 Å². The standard InChI is InChI=1S/C15H24N2O3/c1-11(2)20-14-8-12(4-5-13(14)9-16)10-17(3)7-6-15(18)19/h4-5,8,11H,6-7,9-10,16H2,1-3H3,(H,18,19). The smallest absolute Gasteiger partial charge is 0.304 e. The van der Waals surface area contributed by atoms with Crippen LogP contribution >= 0.6 is 0 Å². The van der Waals surface area contributed by atoms with E-state index in [0.29, 0.717) is 19.6 Å². The molecule has 0 fully saturated rings. The van der Waals surface area contributed by atoms with Crippen LogP contribution in [-0.2, 0) is 17.9 Å². The molecular weight excluding hydrogens is 256 g/mol. The number of ether oxygens (including phenoxy) is 1. The van der Waals surface area contributed by atoms with Crippen LogP contribution in [0.3, 0.4) is 0 Å². The molecule has 3 N–H and O–H groups in total. The van der Waals surface area contributed by atoms with E-state index in [0.717, 1.165) is 16.9 Å². The van der Waals surface area contributed by atoms with Gasteiger partial charge in [0.1, 0.15) is 5.75 Å². The molecule has 0 unspecified atom stereocenters. The van der Waals surface area contributed by atoms with Gasteiger partial charge in [-0.05, 0) is 32.5 Å². The van der Waals surface area contributed by atoms with E-state index < -0.39 is 5.97 Å². The maximum Gasteiger partial charge on any atom is 0.304 e. The number of hydrogen-bond donors (Lipinski definition) is 2. The maximum atomic E-state index is 10.6. The van der Waals surface area contributed by atoms with Crippen molar-refractivity contribution in [2.24, 2.45) is 5.73 Å². The second-order valence-electron chi connectivity index (χ2n) is 5.19. The van der Waals surface area contributed by atoms with Gasteiger partial charge in [0.05, 0.1) is 12.5 Å². The monoisotopic (exact) mass is 280 g/mol. The molecule has 1 rings (SSSR count). The summed E-state index contributed by atoms with van der Waals surface area (Å²) in [6.07, 6.45) is 0.243. The summed E-state index contributed by atoms with van der Waals surface area (Å²) in [6.45, 7) is 5.61. The topological polar surface area (TPSA) is 75.8 Å². The van der Waals surface area contributed by atoms with E-state index in [1.54, 1.807) is 0 Å². The zero-order valence-electron chi connectivity index (χ0n) is 12.4. The first-order valence-corrected chi connectivity index (χ1v) is 6.81. The molecule has 0 bridgehead atoms. The van der Waals surface area contributed by atoms with E-state index in [9.17, 15) is 4.79 Å². The average molecular weight is 280 g/mol. The molecule has 0 aliphatic carbocycles. The molecule has 0 atom stereocenters. The lowest BCUT2D eigenvalue weighted by Gasteiger charge is -2.18. The first kappa shape index (κ1) is 16.5. The van der Waals surface area contributed by atoms with E-state index >= 15 is 0 Å². The van der Waals surface area contributed by atoms with Gasteiger partial charge in [0.2, 0.25) is 0 Å². The van der Waals surface area contributed by atoms with Crippen LogP contribution in [0, 0.1) is 0 Å². The third-order valence-electron chi connectivity index (χ3n) is 2.87. The largest absolute Gasteiger partial charge is 0.491 e. The highest BCUT2D eigenvalue weighted by Gasteiger charge is 2.08. The lowest BCUT2D eigenvalue weighted by atomic mass is 10.1. The zero-order chi connectivity index (χ0) is 15.1. The predicted molar refractivity (Wildman–Crippen MR) is 78.7 cm³/mol. The molecule has 0 aliphatic rings. The molecule has 20 heavy (non-hydrogen) atoms. The number of nitrogens with two attached hydrogens (primary N) is 1. The minimum Gasteiger partial charge on any atom is -0.491 e. The van der Waals surface area contributed by atoms with E-state index in [2.05, 4.69) is 0 Å². The molecule has 1 aromatic carbocycles. The molecule has 0 aliphatic heterocycles. The first-order chi connectivity index (χ1) is 9.42. The van der Waals surface area contributed by atoms with Crippen molar-refractivity contribution in [3.8, 4) is 5.75 Å². The van der Waals surface area contributed by atoms with Gasteiger partial charge in [-0.2, -0.15) is 0 Å². The number of rotatable bonds is 8. The molecular formula is C15H24N2O3. The first-order valence-electron chi connectivity index (χ1n) is 6.81. The lowest BCUT2D eigenvalue weighted by Crippen LogP contribution is -2.21. The lowest BCUT2D eigenvalue weighted by molar-refractivity contribution is -0.137. The van der Waals surface area contributed by atoms with Gasteiger partial charge in [-0.25, -0.2) is 0 Å². The highest BCUT2D eigenvalue weighted by molar-refractivity contribution is 5.66. The number of hydrogen-bond acceptors (Lipinski definition) is 4. The van der Waals surface area contributed by atoms with E-state index in [-0.39, 0.29) is 12.5 Å². The summed E-state index contributed by atoms with van der Waals surface area (Å²) in [7, 11) is 1.91. The van der Waals surface area contributed by atoms with Crippen LogP contribution in [0.5, 0.6) is 5.75 Å². The summed E-state index contributed by atoms with van der Waals surface area (Å²) in [5, 5.41) is 8.68. The number of carboxylic acids is 1. The van der Waals surface area contributed by atoms with Crippen molar-refractivity contribution in [1.29, 1.82) is 0 Å². The molecule has 0 heterocycles. The molecule has 112 valence electrons. The summed E-state index contributed by atoms with van der Waals surface area (Å²) >= 11 is 0. The number of benzene rings is 1. The second-order valence-corrected chi connectivity index (χ2v) is 5.19. The minimum absolute atomic E-state index is 0.0975. The normalized spacial score (nSPS) is 11.1. The third kappa shape index (κ3) is 5.59. The van der Waals surface area contributed by atoms with Crippen molar-refractivity contribution >= 4 is 5.97 Å². The average Bonchev–Trinajstić information content (AvgIpc) is 2.36. The van der Waals surface area contributed by atoms with Gasteiger partial charge >= 0.3 is 5.97 Å². The van der Waals surface area contributed by atoms with Crippen molar-refractivity contribution in [2.45, 2.75) is 39.5 Å². The second kappa shape index (κ2) is 7.87. The Balaban J connectivity index is 2.73. The van der Waals surface area contributed by atoms with Gasteiger partial charge in [0.15, 0.2) is 0 Å². The fraction of sp³-hybridized carbons (Fsp3) is 0.533. The van der Waals surface area contributed by atoms with E-state index in [4.69, 9.17) is 15.6 Å². The maximum absolute atomic E-state index is 10.6. The van der Waals surface area contributed by atoms with Crippen LogP contribution in [0.25, 0.3) is 0 Å². The summed E-state index contributed by atoms with van der Waals surface area (Å²) in [5.74, 6) is 0.0331. The molecule has 0 radical (unpaired) electrons. The molecule has 0 saturated carbocycles. The Labute approximate surface area is 120 Å². The van der Waals surface area contributed by atoms with Gasteiger partial charge in [0.25, 0.3) is 0 Å². The Morgan fingerprint density at radius 2 is 2.15 bits per heavy atom. The summed E-state index contributed by atoms with van der Waals surface area (Å²) in [6, 6.07) is 5.96. The Kier molecular flexibility index (Phi) is 6.48. The van der Waals surface area contributed by atoms with Crippen LogP contribution < -0.4 is 10.5 Å². The SMILES string of the molecule is CC(C)Oc1cc(CN(C)CCC(=O)O)ccc1CN. The minimum atomic E-state index is -0.779. The number of aliphatic carboxylic acids is 1. The van der Waals surface area contributed by atoms with Crippen molar-refractivity contribution in [3.05, 3.63) is 29.3 Å². The van der Waals surface area contributed by atoms with Crippen LogP contribution in [0.4, 0.5) is 0 Å². The van der Waals surface area contributed by atoms with Crippen molar-refractivity contribution in [1.82, 2.24) is 4.90 Å². The molecule has 0 spiro atoms. The highest BCUT2D eigenvalue weighted by atomic mass is 16.5. The molecule has 1 aromatic rings. The summed E-state index contributed by atoms with van der Waals surface area (Å²) < 4.78 is 5.76. The van der Waals surface area contributed by atoms with Crippen LogP contribution in [0.1, 0.15) is 31.4 Å². The van der Waals surface area contributed by atoms with Crippen molar-refractivity contribution < 1.29 is 14.6 Å². The number of carbonyl (C=O) groups is 1. The van der Waals surface area contributed by atoms with Crippen molar-refractivity contribution in [3.63, 3.8) is 0 Å². The Morgan fingerprint density at radius 1 is 1.45 bits per heavy atom. The Bertz CT molecular complexity index is 447. The Hall–Kier alpha value is -1.59. The molecule has 0 aromatic heterocycles. The van der Waals surface area contributed by atoms with Gasteiger partial charge in [0, 0.05) is 25.2 Å². The number of nitrogens with zero attached hydrogens (tertiary/aromatic N) is 1. The van der Waals surface area contributed by atoms with Crippen LogP contribution in [-0.4, -0.2) is 35.7 Å². The van der Waals surface area contributed by atoms with E-state index in [1.807, 2.05) is 44.0 Å². The predicted octanol–water partition coefficient (Wildman–Crippen LogP) is 1.84. The quantitative estimate of drug-likeness (QED) is 0.760. The summed E-state index contributed by atoms with van der Waals surface area (Å²) in [5.41, 5.74) is 7.77. The summed E-state index contributed by atoms with van der Waals surface area (Å²) in [4.78, 5) is 12.5. The van der Waals surface area contributed by atoms with E-state index in [1.165, 1.54) is 0 Å². The molecule has 5 heteroatoms. The fourth-order valence-corrected chi connectivity index (χ4v) is 1.91. The van der Waals surface area contributed by atoms with Crippen molar-refractivity contribution in [2.75, 3.05) is 13.6 Å². The zero-order valence-corrected chi connectivity index (χ0v) is 12.4. The van der Waals surface area contributed by atoms with Crippen LogP contribution in [0.2, 0.25) is 0 Å². The van der Waals surface area contributed by atoms with Crippen LogP contribution in [0.15, 0.2) is 18.2 Å². The fourth-order valence-electron chi connectivity index (χ4n) is 1.91. The molecule has 0 saturated heterocycles. The number of carboxylic acid groups (broad SMARTS) is 1.